The summed E-state index contributed by atoms with van der Waals surface area (Å²) in [7, 11) is 1.96. The van der Waals surface area contributed by atoms with E-state index in [9.17, 15) is 4.39 Å². The molecule has 0 aliphatic carbocycles. The van der Waals surface area contributed by atoms with Gasteiger partial charge in [-0.2, -0.15) is 0 Å². The summed E-state index contributed by atoms with van der Waals surface area (Å²) >= 11 is 0. The molecule has 2 aromatic heterocycles. The summed E-state index contributed by atoms with van der Waals surface area (Å²) in [4.78, 5) is 15.6. The van der Waals surface area contributed by atoms with E-state index in [0.717, 1.165) is 5.56 Å². The van der Waals surface area contributed by atoms with Crippen molar-refractivity contribution in [3.63, 3.8) is 0 Å². The molecule has 0 spiro atoms. The highest BCUT2D eigenvalue weighted by Gasteiger charge is 2.14. The lowest BCUT2D eigenvalue weighted by Crippen LogP contribution is -2.18. The van der Waals surface area contributed by atoms with Crippen molar-refractivity contribution in [3.05, 3.63) is 96.4 Å². The van der Waals surface area contributed by atoms with Crippen molar-refractivity contribution in [3.8, 4) is 22.8 Å². The second-order valence-corrected chi connectivity index (χ2v) is 6.47. The van der Waals surface area contributed by atoms with Crippen molar-refractivity contribution in [1.29, 1.82) is 0 Å². The fraction of sp³-hybridized carbons (Fsp3) is 0.0870. The fourth-order valence-electron chi connectivity index (χ4n) is 2.98. The molecule has 0 fully saturated rings. The van der Waals surface area contributed by atoms with Crippen molar-refractivity contribution >= 4 is 5.82 Å². The summed E-state index contributed by atoms with van der Waals surface area (Å²) in [5.41, 5.74) is 2.78. The van der Waals surface area contributed by atoms with Gasteiger partial charge in [0.1, 0.15) is 17.3 Å². The van der Waals surface area contributed by atoms with Gasteiger partial charge in [-0.05, 0) is 29.8 Å². The van der Waals surface area contributed by atoms with Gasteiger partial charge < -0.3 is 4.90 Å². The lowest BCUT2D eigenvalue weighted by atomic mass is 10.1. The van der Waals surface area contributed by atoms with Gasteiger partial charge in [-0.15, -0.1) is 0 Å². The maximum absolute atomic E-state index is 14.4. The third-order valence-corrected chi connectivity index (χ3v) is 4.41. The highest BCUT2D eigenvalue weighted by Crippen LogP contribution is 2.27. The summed E-state index contributed by atoms with van der Waals surface area (Å²) < 4.78 is 14.4. The number of nitrogens with zero attached hydrogens (tertiary/aromatic N) is 4. The quantitative estimate of drug-likeness (QED) is 0.497. The standard InChI is InChI=1S/C23H19FN4/c1-28(16-17-9-3-2-4-10-17)22-15-21(18-11-5-6-12-19(18)24)26-23(27-22)20-13-7-8-14-25-20/h2-15H,16H2,1H3. The second kappa shape index (κ2) is 7.96. The molecule has 0 amide bonds. The van der Waals surface area contributed by atoms with Gasteiger partial charge in [-0.3, -0.25) is 4.98 Å². The zero-order valence-corrected chi connectivity index (χ0v) is 15.5. The summed E-state index contributed by atoms with van der Waals surface area (Å²) in [5.74, 6) is 0.860. The number of hydrogen-bond acceptors (Lipinski definition) is 4. The minimum Gasteiger partial charge on any atom is -0.355 e. The van der Waals surface area contributed by atoms with Gasteiger partial charge in [0.25, 0.3) is 0 Å². The molecule has 138 valence electrons. The third-order valence-electron chi connectivity index (χ3n) is 4.41. The van der Waals surface area contributed by atoms with Crippen LogP contribution in [0.25, 0.3) is 22.8 Å². The summed E-state index contributed by atoms with van der Waals surface area (Å²) in [6, 6.07) is 24.1. The van der Waals surface area contributed by atoms with E-state index in [1.165, 1.54) is 6.07 Å². The molecule has 0 aliphatic heterocycles. The Bertz CT molecular complexity index is 1070. The molecule has 5 heteroatoms. The van der Waals surface area contributed by atoms with Crippen LogP contribution in [0.3, 0.4) is 0 Å². The van der Waals surface area contributed by atoms with E-state index in [4.69, 9.17) is 0 Å². The Kier molecular flexibility index (Phi) is 5.06. The number of aromatic nitrogens is 3. The average Bonchev–Trinajstić information content (AvgIpc) is 2.75. The van der Waals surface area contributed by atoms with Crippen LogP contribution in [0, 0.1) is 5.82 Å². The number of anilines is 1. The maximum atomic E-state index is 14.4. The first-order valence-electron chi connectivity index (χ1n) is 9.01. The molecule has 0 bridgehead atoms. The van der Waals surface area contributed by atoms with Gasteiger partial charge in [-0.1, -0.05) is 48.5 Å². The molecular formula is C23H19FN4. The Hall–Kier alpha value is -3.60. The average molecular weight is 370 g/mol. The Labute approximate surface area is 163 Å². The van der Waals surface area contributed by atoms with Crippen LogP contribution in [0.2, 0.25) is 0 Å². The third kappa shape index (κ3) is 3.88. The molecule has 2 heterocycles. The molecular weight excluding hydrogens is 351 g/mol. The van der Waals surface area contributed by atoms with E-state index in [1.807, 2.05) is 54.4 Å². The molecule has 4 rings (SSSR count). The monoisotopic (exact) mass is 370 g/mol. The van der Waals surface area contributed by atoms with E-state index >= 15 is 0 Å². The van der Waals surface area contributed by atoms with Gasteiger partial charge in [0.05, 0.1) is 5.69 Å². The Morgan fingerprint density at radius 2 is 1.57 bits per heavy atom. The van der Waals surface area contributed by atoms with Gasteiger partial charge in [0, 0.05) is 31.4 Å². The molecule has 0 aliphatic rings. The van der Waals surface area contributed by atoms with Gasteiger partial charge in [-0.25, -0.2) is 14.4 Å². The number of benzene rings is 2. The SMILES string of the molecule is CN(Cc1ccccc1)c1cc(-c2ccccc2F)nc(-c2ccccn2)n1. The molecule has 0 N–H and O–H groups in total. The van der Waals surface area contributed by atoms with Crippen molar-refractivity contribution < 1.29 is 4.39 Å². The lowest BCUT2D eigenvalue weighted by Gasteiger charge is -2.20. The highest BCUT2D eigenvalue weighted by molar-refractivity contribution is 5.67. The van der Waals surface area contributed by atoms with Gasteiger partial charge in [0.2, 0.25) is 0 Å². The predicted octanol–water partition coefficient (Wildman–Crippen LogP) is 4.98. The van der Waals surface area contributed by atoms with Crippen LogP contribution < -0.4 is 4.90 Å². The zero-order chi connectivity index (χ0) is 19.3. The van der Waals surface area contributed by atoms with E-state index in [1.54, 1.807) is 24.4 Å². The van der Waals surface area contributed by atoms with Crippen molar-refractivity contribution in [1.82, 2.24) is 15.0 Å². The van der Waals surface area contributed by atoms with Crippen LogP contribution in [0.1, 0.15) is 5.56 Å². The zero-order valence-electron chi connectivity index (χ0n) is 15.5. The molecule has 0 unspecified atom stereocenters. The summed E-state index contributed by atoms with van der Waals surface area (Å²) in [5, 5.41) is 0. The molecule has 0 radical (unpaired) electrons. The fourth-order valence-corrected chi connectivity index (χ4v) is 2.98. The van der Waals surface area contributed by atoms with Crippen LogP contribution in [0.4, 0.5) is 10.2 Å². The first-order chi connectivity index (χ1) is 13.7. The first kappa shape index (κ1) is 17.8. The van der Waals surface area contributed by atoms with Crippen molar-refractivity contribution in [2.45, 2.75) is 6.54 Å². The van der Waals surface area contributed by atoms with Gasteiger partial charge in [0.15, 0.2) is 5.82 Å². The van der Waals surface area contributed by atoms with E-state index < -0.39 is 0 Å². The Balaban J connectivity index is 1.79. The first-order valence-corrected chi connectivity index (χ1v) is 9.01. The minimum atomic E-state index is -0.315. The predicted molar refractivity (Wildman–Crippen MR) is 109 cm³/mol. The maximum Gasteiger partial charge on any atom is 0.180 e. The molecule has 0 saturated carbocycles. The topological polar surface area (TPSA) is 41.9 Å². The lowest BCUT2D eigenvalue weighted by molar-refractivity contribution is 0.630. The second-order valence-electron chi connectivity index (χ2n) is 6.47. The van der Waals surface area contributed by atoms with Crippen LogP contribution in [0.15, 0.2) is 85.1 Å². The largest absolute Gasteiger partial charge is 0.355 e. The smallest absolute Gasteiger partial charge is 0.180 e. The van der Waals surface area contributed by atoms with Crippen LogP contribution in [0.5, 0.6) is 0 Å². The van der Waals surface area contributed by atoms with Crippen molar-refractivity contribution in [2.75, 3.05) is 11.9 Å². The number of halogens is 1. The van der Waals surface area contributed by atoms with Crippen LogP contribution in [-0.4, -0.2) is 22.0 Å². The summed E-state index contributed by atoms with van der Waals surface area (Å²) in [6.07, 6.45) is 1.70. The molecule has 28 heavy (non-hydrogen) atoms. The summed E-state index contributed by atoms with van der Waals surface area (Å²) in [6.45, 7) is 0.677. The minimum absolute atomic E-state index is 0.315. The van der Waals surface area contributed by atoms with E-state index in [-0.39, 0.29) is 5.82 Å². The van der Waals surface area contributed by atoms with E-state index in [2.05, 4.69) is 27.1 Å². The van der Waals surface area contributed by atoms with Crippen LogP contribution in [-0.2, 0) is 6.54 Å². The molecule has 4 aromatic rings. The number of hydrogen-bond donors (Lipinski definition) is 0. The highest BCUT2D eigenvalue weighted by atomic mass is 19.1. The van der Waals surface area contributed by atoms with Gasteiger partial charge >= 0.3 is 0 Å². The number of pyridine rings is 1. The normalized spacial score (nSPS) is 10.6. The van der Waals surface area contributed by atoms with Crippen LogP contribution >= 0.6 is 0 Å². The Morgan fingerprint density at radius 3 is 2.32 bits per heavy atom. The molecule has 0 saturated heterocycles. The van der Waals surface area contributed by atoms with E-state index in [0.29, 0.717) is 35.1 Å². The Morgan fingerprint density at radius 1 is 0.821 bits per heavy atom. The van der Waals surface area contributed by atoms with Crippen molar-refractivity contribution in [2.24, 2.45) is 0 Å². The molecule has 2 aromatic carbocycles. The molecule has 4 nitrogen and oxygen atoms in total. The molecule has 0 atom stereocenters. The number of rotatable bonds is 5.